The van der Waals surface area contributed by atoms with E-state index in [1.807, 2.05) is 6.07 Å². The summed E-state index contributed by atoms with van der Waals surface area (Å²) in [5, 5.41) is 21.8. The van der Waals surface area contributed by atoms with E-state index < -0.39 is 40.5 Å². The van der Waals surface area contributed by atoms with E-state index in [4.69, 9.17) is 14.7 Å². The predicted octanol–water partition coefficient (Wildman–Crippen LogP) is 2.94. The normalized spacial score (nSPS) is 12.2. The molecule has 0 aliphatic carbocycles. The standard InChI is InChI=1S/C19H16FN3O6/c1-11(18(24)22-14-5-8-16(20)17(9-14)23(26)27)29-19(25)12(2)28-15-6-3-13(10-21)4-7-15/h3-9,11-12H,1-2H3,(H,22,24)/t11-,12+/m1/s1. The molecule has 0 radical (unpaired) electrons. The number of anilines is 1. The van der Waals surface area contributed by atoms with Crippen LogP contribution in [0, 0.1) is 27.3 Å². The predicted molar refractivity (Wildman–Crippen MR) is 98.5 cm³/mol. The molecule has 0 unspecified atom stereocenters. The molecule has 29 heavy (non-hydrogen) atoms. The average molecular weight is 401 g/mol. The Bertz CT molecular complexity index is 971. The Labute approximate surface area is 164 Å². The third-order valence-corrected chi connectivity index (χ3v) is 3.70. The van der Waals surface area contributed by atoms with Crippen molar-refractivity contribution in [1.82, 2.24) is 0 Å². The number of amides is 1. The molecule has 0 saturated heterocycles. The molecule has 0 aliphatic heterocycles. The maximum atomic E-state index is 13.3. The number of halogens is 1. The molecule has 2 atom stereocenters. The number of nitro groups is 1. The van der Waals surface area contributed by atoms with Gasteiger partial charge >= 0.3 is 11.7 Å². The highest BCUT2D eigenvalue weighted by molar-refractivity contribution is 5.95. The van der Waals surface area contributed by atoms with E-state index >= 15 is 0 Å². The summed E-state index contributed by atoms with van der Waals surface area (Å²) in [6, 6.07) is 10.9. The number of hydrogen-bond donors (Lipinski definition) is 1. The van der Waals surface area contributed by atoms with Crippen molar-refractivity contribution in [3.8, 4) is 11.8 Å². The summed E-state index contributed by atoms with van der Waals surface area (Å²) in [7, 11) is 0. The summed E-state index contributed by atoms with van der Waals surface area (Å²) >= 11 is 0. The molecule has 0 spiro atoms. The number of nitrogens with one attached hydrogen (secondary N) is 1. The van der Waals surface area contributed by atoms with Crippen molar-refractivity contribution in [2.24, 2.45) is 0 Å². The third kappa shape index (κ3) is 5.74. The van der Waals surface area contributed by atoms with Crippen molar-refractivity contribution in [2.75, 3.05) is 5.32 Å². The fraction of sp³-hybridized carbons (Fsp3) is 0.211. The number of nitro benzene ring substituents is 1. The number of ether oxygens (including phenoxy) is 2. The summed E-state index contributed by atoms with van der Waals surface area (Å²) in [4.78, 5) is 34.1. The lowest BCUT2D eigenvalue weighted by atomic mass is 10.2. The van der Waals surface area contributed by atoms with E-state index in [0.29, 0.717) is 11.3 Å². The zero-order valence-corrected chi connectivity index (χ0v) is 15.4. The number of nitrogens with zero attached hydrogens (tertiary/aromatic N) is 2. The first-order chi connectivity index (χ1) is 13.7. The van der Waals surface area contributed by atoms with Gasteiger partial charge in [0.15, 0.2) is 12.2 Å². The average Bonchev–Trinajstić information content (AvgIpc) is 2.69. The van der Waals surface area contributed by atoms with Crippen LogP contribution in [0.4, 0.5) is 15.8 Å². The lowest BCUT2D eigenvalue weighted by Crippen LogP contribution is -2.35. The van der Waals surface area contributed by atoms with Gasteiger partial charge in [-0.2, -0.15) is 9.65 Å². The van der Waals surface area contributed by atoms with Crippen molar-refractivity contribution in [3.05, 3.63) is 64.0 Å². The van der Waals surface area contributed by atoms with Crippen molar-refractivity contribution >= 4 is 23.3 Å². The zero-order valence-electron chi connectivity index (χ0n) is 15.4. The van der Waals surface area contributed by atoms with Crippen LogP contribution in [0.1, 0.15) is 19.4 Å². The highest BCUT2D eigenvalue weighted by atomic mass is 19.1. The Balaban J connectivity index is 1.94. The number of nitriles is 1. The van der Waals surface area contributed by atoms with Crippen molar-refractivity contribution < 1.29 is 28.4 Å². The first-order valence-corrected chi connectivity index (χ1v) is 8.33. The van der Waals surface area contributed by atoms with Crippen LogP contribution in [0.5, 0.6) is 5.75 Å². The van der Waals surface area contributed by atoms with Crippen LogP contribution in [0.2, 0.25) is 0 Å². The summed E-state index contributed by atoms with van der Waals surface area (Å²) in [6.07, 6.45) is -2.27. The smallest absolute Gasteiger partial charge is 0.347 e. The van der Waals surface area contributed by atoms with Crippen LogP contribution >= 0.6 is 0 Å². The molecule has 0 aliphatic rings. The molecule has 0 heterocycles. The Hall–Kier alpha value is -4.00. The van der Waals surface area contributed by atoms with Gasteiger partial charge in [-0.3, -0.25) is 14.9 Å². The van der Waals surface area contributed by atoms with E-state index in [1.54, 1.807) is 0 Å². The number of carbonyl (C=O) groups excluding carboxylic acids is 2. The second kappa shape index (κ2) is 9.27. The molecular formula is C19H16FN3O6. The highest BCUT2D eigenvalue weighted by Gasteiger charge is 2.24. The lowest BCUT2D eigenvalue weighted by molar-refractivity contribution is -0.387. The SMILES string of the molecule is C[C@H](Oc1ccc(C#N)cc1)C(=O)O[C@H](C)C(=O)Nc1ccc(F)c([N+](=O)[O-])c1. The Morgan fingerprint density at radius 1 is 1.17 bits per heavy atom. The van der Waals surface area contributed by atoms with Crippen LogP contribution < -0.4 is 10.1 Å². The van der Waals surface area contributed by atoms with E-state index in [2.05, 4.69) is 5.32 Å². The summed E-state index contributed by atoms with van der Waals surface area (Å²) in [5.41, 5.74) is -0.385. The number of benzene rings is 2. The van der Waals surface area contributed by atoms with Crippen LogP contribution in [0.15, 0.2) is 42.5 Å². The van der Waals surface area contributed by atoms with Crippen LogP contribution in [0.25, 0.3) is 0 Å². The van der Waals surface area contributed by atoms with Gasteiger partial charge in [0, 0.05) is 11.8 Å². The molecule has 9 nitrogen and oxygen atoms in total. The third-order valence-electron chi connectivity index (χ3n) is 3.70. The quantitative estimate of drug-likeness (QED) is 0.428. The molecular weight excluding hydrogens is 385 g/mol. The van der Waals surface area contributed by atoms with Gasteiger partial charge in [0.25, 0.3) is 5.91 Å². The topological polar surface area (TPSA) is 132 Å². The number of hydrogen-bond acceptors (Lipinski definition) is 7. The molecule has 2 rings (SSSR count). The monoisotopic (exact) mass is 401 g/mol. The van der Waals surface area contributed by atoms with Gasteiger partial charge in [0.2, 0.25) is 5.82 Å². The van der Waals surface area contributed by atoms with Gasteiger partial charge in [-0.25, -0.2) is 4.79 Å². The van der Waals surface area contributed by atoms with Gasteiger partial charge in [-0.05, 0) is 50.2 Å². The van der Waals surface area contributed by atoms with Crippen molar-refractivity contribution in [2.45, 2.75) is 26.1 Å². The van der Waals surface area contributed by atoms with Gasteiger partial charge in [-0.15, -0.1) is 0 Å². The van der Waals surface area contributed by atoms with Gasteiger partial charge in [0.05, 0.1) is 16.6 Å². The molecule has 1 N–H and O–H groups in total. The molecule has 2 aromatic carbocycles. The van der Waals surface area contributed by atoms with E-state index in [1.165, 1.54) is 38.1 Å². The molecule has 10 heteroatoms. The fourth-order valence-electron chi connectivity index (χ4n) is 2.16. The first-order valence-electron chi connectivity index (χ1n) is 8.33. The second-order valence-electron chi connectivity index (χ2n) is 5.89. The Kier molecular flexibility index (Phi) is 6.81. The van der Waals surface area contributed by atoms with E-state index in [0.717, 1.165) is 18.2 Å². The van der Waals surface area contributed by atoms with Crippen LogP contribution in [-0.2, 0) is 14.3 Å². The maximum absolute atomic E-state index is 13.3. The molecule has 1 amide bonds. The van der Waals surface area contributed by atoms with E-state index in [-0.39, 0.29) is 5.69 Å². The molecule has 2 aromatic rings. The fourth-order valence-corrected chi connectivity index (χ4v) is 2.16. The van der Waals surface area contributed by atoms with Gasteiger partial charge in [-0.1, -0.05) is 0 Å². The Morgan fingerprint density at radius 2 is 1.83 bits per heavy atom. The molecule has 0 aromatic heterocycles. The zero-order chi connectivity index (χ0) is 21.6. The minimum atomic E-state index is -1.24. The number of rotatable bonds is 7. The van der Waals surface area contributed by atoms with Gasteiger partial charge in [0.1, 0.15) is 5.75 Å². The second-order valence-corrected chi connectivity index (χ2v) is 5.89. The molecule has 0 fully saturated rings. The van der Waals surface area contributed by atoms with Crippen molar-refractivity contribution in [1.29, 1.82) is 5.26 Å². The molecule has 0 saturated carbocycles. The maximum Gasteiger partial charge on any atom is 0.347 e. The van der Waals surface area contributed by atoms with Crippen molar-refractivity contribution in [3.63, 3.8) is 0 Å². The van der Waals surface area contributed by atoms with Crippen LogP contribution in [-0.4, -0.2) is 29.0 Å². The summed E-state index contributed by atoms with van der Waals surface area (Å²) < 4.78 is 23.8. The minimum Gasteiger partial charge on any atom is -0.479 e. The van der Waals surface area contributed by atoms with Gasteiger partial charge < -0.3 is 14.8 Å². The summed E-state index contributed by atoms with van der Waals surface area (Å²) in [5.74, 6) is -2.28. The van der Waals surface area contributed by atoms with Crippen LogP contribution in [0.3, 0.4) is 0 Å². The lowest BCUT2D eigenvalue weighted by Gasteiger charge is -2.17. The number of carbonyl (C=O) groups is 2. The molecule has 150 valence electrons. The van der Waals surface area contributed by atoms with E-state index in [9.17, 15) is 24.1 Å². The summed E-state index contributed by atoms with van der Waals surface area (Å²) in [6.45, 7) is 2.73. The minimum absolute atomic E-state index is 0.0205. The first kappa shape index (κ1) is 21.3. The Morgan fingerprint density at radius 3 is 2.41 bits per heavy atom. The largest absolute Gasteiger partial charge is 0.479 e. The number of esters is 1. The highest BCUT2D eigenvalue weighted by Crippen LogP contribution is 2.22. The molecule has 0 bridgehead atoms.